The van der Waals surface area contributed by atoms with Crippen molar-refractivity contribution in [2.24, 2.45) is 0 Å². The summed E-state index contributed by atoms with van der Waals surface area (Å²) in [6, 6.07) is 2.23. The van der Waals surface area contributed by atoms with E-state index in [-0.39, 0.29) is 9.49 Å². The van der Waals surface area contributed by atoms with Crippen molar-refractivity contribution in [3.05, 3.63) is 0 Å². The first-order valence-electron chi connectivity index (χ1n) is 17.0. The van der Waals surface area contributed by atoms with Crippen LogP contribution in [0.4, 0.5) is 0 Å². The fraction of sp³-hybridized carbons (Fsp3) is 1.00. The molecule has 0 aliphatic heterocycles. The average Bonchev–Trinajstić information content (AvgIpc) is 2.88. The quantitative estimate of drug-likeness (QED) is 0.0793. The summed E-state index contributed by atoms with van der Waals surface area (Å²) < 4.78 is 13.2. The van der Waals surface area contributed by atoms with E-state index < -0.39 is 16.6 Å². The standard InChI is InChI=1S/C32H74N4O2SSi2/c1-17-33(18-2)29(34(19-3)20-4)31(11,27-40(13,14)37-25-9)39-32(12,28-41(15,16)38-26-10)30(35(21-5)22-6)36(23-7)24-8/h29-30H,17-28H2,1-16H3. The molecule has 2 unspecified atom stereocenters. The van der Waals surface area contributed by atoms with Crippen LogP contribution in [0.2, 0.25) is 38.3 Å². The summed E-state index contributed by atoms with van der Waals surface area (Å²) in [5.41, 5.74) is 0. The molecule has 0 saturated carbocycles. The summed E-state index contributed by atoms with van der Waals surface area (Å²) in [5.74, 6) is 0. The van der Waals surface area contributed by atoms with Gasteiger partial charge in [-0.2, -0.15) is 0 Å². The molecule has 41 heavy (non-hydrogen) atoms. The molecule has 0 bridgehead atoms. The molecule has 0 heterocycles. The maximum absolute atomic E-state index is 6.61. The second-order valence-corrected chi connectivity index (χ2v) is 23.5. The molecule has 2 atom stereocenters. The molecule has 0 aliphatic rings. The Bertz CT molecular complexity index is 609. The summed E-state index contributed by atoms with van der Waals surface area (Å²) in [7, 11) is -3.92. The lowest BCUT2D eigenvalue weighted by molar-refractivity contribution is 0.0242. The van der Waals surface area contributed by atoms with E-state index in [9.17, 15) is 0 Å². The van der Waals surface area contributed by atoms with Crippen molar-refractivity contribution in [2.45, 2.75) is 143 Å². The molecule has 0 fully saturated rings. The molecule has 0 saturated heterocycles. The molecule has 0 aliphatic carbocycles. The zero-order valence-electron chi connectivity index (χ0n) is 30.7. The molecule has 9 heteroatoms. The molecule has 248 valence electrons. The third kappa shape index (κ3) is 12.1. The maximum atomic E-state index is 6.61. The molecule has 0 amide bonds. The van der Waals surface area contributed by atoms with E-state index in [4.69, 9.17) is 8.85 Å². The van der Waals surface area contributed by atoms with Gasteiger partial charge in [0.25, 0.3) is 0 Å². The minimum Gasteiger partial charge on any atom is -0.418 e. The Morgan fingerprint density at radius 3 is 0.878 bits per heavy atom. The van der Waals surface area contributed by atoms with Gasteiger partial charge < -0.3 is 8.85 Å². The zero-order chi connectivity index (χ0) is 32.1. The van der Waals surface area contributed by atoms with Gasteiger partial charge in [0.2, 0.25) is 0 Å². The molecule has 0 radical (unpaired) electrons. The molecule has 0 spiro atoms. The van der Waals surface area contributed by atoms with Crippen LogP contribution in [0, 0.1) is 0 Å². The van der Waals surface area contributed by atoms with Gasteiger partial charge in [0.15, 0.2) is 16.6 Å². The Kier molecular flexibility index (Phi) is 19.4. The molecular formula is C32H74N4O2SSi2. The van der Waals surface area contributed by atoms with Gasteiger partial charge >= 0.3 is 0 Å². The summed E-state index contributed by atoms with van der Waals surface area (Å²) in [4.78, 5) is 10.9. The van der Waals surface area contributed by atoms with Crippen LogP contribution in [0.3, 0.4) is 0 Å². The van der Waals surface area contributed by atoms with E-state index in [1.165, 1.54) is 0 Å². The normalized spacial score (nSPS) is 16.5. The molecule has 0 aromatic rings. The smallest absolute Gasteiger partial charge is 0.188 e. The van der Waals surface area contributed by atoms with E-state index in [1.807, 2.05) is 0 Å². The van der Waals surface area contributed by atoms with E-state index in [0.717, 1.165) is 77.7 Å². The minimum atomic E-state index is -1.96. The van der Waals surface area contributed by atoms with Gasteiger partial charge in [-0.1, -0.05) is 55.4 Å². The lowest BCUT2D eigenvalue weighted by atomic mass is 10.0. The van der Waals surface area contributed by atoms with Crippen molar-refractivity contribution in [1.82, 2.24) is 19.6 Å². The first-order valence-corrected chi connectivity index (χ1v) is 24.1. The molecule has 0 aromatic heterocycles. The highest BCUT2D eigenvalue weighted by molar-refractivity contribution is 8.02. The van der Waals surface area contributed by atoms with Crippen LogP contribution in [0.25, 0.3) is 0 Å². The van der Waals surface area contributed by atoms with Crippen LogP contribution >= 0.6 is 11.8 Å². The van der Waals surface area contributed by atoms with Gasteiger partial charge in [0, 0.05) is 22.7 Å². The Morgan fingerprint density at radius 2 is 0.707 bits per heavy atom. The molecular weight excluding hydrogens is 561 g/mol. The summed E-state index contributed by atoms with van der Waals surface area (Å²) >= 11 is 2.30. The van der Waals surface area contributed by atoms with Crippen molar-refractivity contribution in [2.75, 3.05) is 65.6 Å². The number of hydrogen-bond acceptors (Lipinski definition) is 7. The van der Waals surface area contributed by atoms with E-state index in [2.05, 4.69) is 141 Å². The van der Waals surface area contributed by atoms with Gasteiger partial charge in [0.05, 0.1) is 12.3 Å². The van der Waals surface area contributed by atoms with Crippen LogP contribution in [0.5, 0.6) is 0 Å². The predicted molar refractivity (Wildman–Crippen MR) is 191 cm³/mol. The van der Waals surface area contributed by atoms with Crippen LogP contribution in [0.1, 0.15) is 83.1 Å². The van der Waals surface area contributed by atoms with Gasteiger partial charge in [-0.15, -0.1) is 11.8 Å². The SMILES string of the molecule is CCO[Si](C)(C)CC(C)(SC(C)(C[Si](C)(C)OCC)C(N(CC)CC)N(CC)CC)C(N(CC)CC)N(CC)CC. The van der Waals surface area contributed by atoms with E-state index in [1.54, 1.807) is 0 Å². The van der Waals surface area contributed by atoms with Gasteiger partial charge in [-0.25, -0.2) is 0 Å². The summed E-state index contributed by atoms with van der Waals surface area (Å²) in [6.45, 7) is 48.1. The fourth-order valence-corrected chi connectivity index (χ4v) is 17.8. The zero-order valence-corrected chi connectivity index (χ0v) is 33.5. The van der Waals surface area contributed by atoms with E-state index in [0.29, 0.717) is 12.3 Å². The second-order valence-electron chi connectivity index (χ2n) is 13.1. The van der Waals surface area contributed by atoms with Gasteiger partial charge in [0.1, 0.15) is 0 Å². The minimum absolute atomic E-state index is 0.0348. The Morgan fingerprint density at radius 1 is 0.488 bits per heavy atom. The van der Waals surface area contributed by atoms with Crippen molar-refractivity contribution < 1.29 is 8.85 Å². The van der Waals surface area contributed by atoms with E-state index >= 15 is 0 Å². The molecule has 6 nitrogen and oxygen atoms in total. The predicted octanol–water partition coefficient (Wildman–Crippen LogP) is 7.74. The lowest BCUT2D eigenvalue weighted by Crippen LogP contribution is -2.66. The third-order valence-corrected chi connectivity index (χ3v) is 16.3. The van der Waals surface area contributed by atoms with Gasteiger partial charge in [-0.05, 0) is 118 Å². The summed E-state index contributed by atoms with van der Waals surface area (Å²) in [6.07, 6.45) is 0.657. The molecule has 0 aromatic carbocycles. The van der Waals surface area contributed by atoms with Crippen molar-refractivity contribution in [3.63, 3.8) is 0 Å². The van der Waals surface area contributed by atoms with Crippen molar-refractivity contribution in [3.8, 4) is 0 Å². The highest BCUT2D eigenvalue weighted by atomic mass is 32.2. The maximum Gasteiger partial charge on any atom is 0.188 e. The second kappa shape index (κ2) is 19.1. The Hall–Kier alpha value is 0.544. The highest BCUT2D eigenvalue weighted by Crippen LogP contribution is 2.52. The third-order valence-electron chi connectivity index (χ3n) is 8.82. The van der Waals surface area contributed by atoms with Crippen LogP contribution in [0.15, 0.2) is 0 Å². The molecule has 0 rings (SSSR count). The largest absolute Gasteiger partial charge is 0.418 e. The number of nitrogens with zero attached hydrogens (tertiary/aromatic N) is 4. The number of hydrogen-bond donors (Lipinski definition) is 0. The monoisotopic (exact) mass is 635 g/mol. The van der Waals surface area contributed by atoms with Gasteiger partial charge in [-0.3, -0.25) is 19.6 Å². The Balaban J connectivity index is 7.63. The summed E-state index contributed by atoms with van der Waals surface area (Å²) in [5, 5.41) is 0. The average molecular weight is 635 g/mol. The van der Waals surface area contributed by atoms with Crippen LogP contribution in [-0.2, 0) is 8.85 Å². The van der Waals surface area contributed by atoms with Crippen molar-refractivity contribution in [1.29, 1.82) is 0 Å². The number of rotatable bonds is 24. The van der Waals surface area contributed by atoms with Crippen LogP contribution < -0.4 is 0 Å². The lowest BCUT2D eigenvalue weighted by Gasteiger charge is -2.57. The number of thioether (sulfide) groups is 1. The van der Waals surface area contributed by atoms with Crippen molar-refractivity contribution >= 4 is 28.4 Å². The fourth-order valence-electron chi connectivity index (χ4n) is 7.75. The molecule has 0 N–H and O–H groups in total. The first-order chi connectivity index (χ1) is 19.1. The first kappa shape index (κ1) is 41.5. The topological polar surface area (TPSA) is 31.4 Å². The highest BCUT2D eigenvalue weighted by Gasteiger charge is 2.54. The van der Waals surface area contributed by atoms with Crippen LogP contribution in [-0.4, -0.2) is 124 Å². The Labute approximate surface area is 264 Å².